The minimum Gasteiger partial charge on any atom is -0.457 e. The standard InChI is InChI=1S/C24H20F3N3O3/c1-30-11-14(12-30)13-6-8-19-17(10-13)21(15-4-2-3-5-18(15)33-19)29-23(32)16-7-9-20(24(25,26)27)28-22(16)31/h2-10,14,16,21H,11-12H2,1H3,(H,29,32). The zero-order chi connectivity index (χ0) is 23.3. The topological polar surface area (TPSA) is 71.0 Å². The molecule has 0 aliphatic carbocycles. The number of benzene rings is 2. The summed E-state index contributed by atoms with van der Waals surface area (Å²) in [5.74, 6) is -1.78. The third-order valence-electron chi connectivity index (χ3n) is 6.13. The quantitative estimate of drug-likeness (QED) is 0.716. The van der Waals surface area contributed by atoms with E-state index < -0.39 is 35.7 Å². The van der Waals surface area contributed by atoms with Crippen LogP contribution in [0.2, 0.25) is 0 Å². The second-order valence-electron chi connectivity index (χ2n) is 8.47. The van der Waals surface area contributed by atoms with Gasteiger partial charge in [0.15, 0.2) is 0 Å². The van der Waals surface area contributed by atoms with Crippen molar-refractivity contribution >= 4 is 17.5 Å². The Morgan fingerprint density at radius 3 is 2.55 bits per heavy atom. The highest BCUT2D eigenvalue weighted by Crippen LogP contribution is 2.44. The molecule has 2 aromatic carbocycles. The lowest BCUT2D eigenvalue weighted by Crippen LogP contribution is -2.42. The van der Waals surface area contributed by atoms with Gasteiger partial charge in [0.1, 0.15) is 23.1 Å². The minimum absolute atomic E-state index is 0.367. The van der Waals surface area contributed by atoms with Gasteiger partial charge in [-0.15, -0.1) is 0 Å². The van der Waals surface area contributed by atoms with Crippen LogP contribution < -0.4 is 10.1 Å². The molecular formula is C24H20F3N3O3. The molecule has 170 valence electrons. The van der Waals surface area contributed by atoms with Gasteiger partial charge in [-0.2, -0.15) is 13.2 Å². The molecule has 3 heterocycles. The lowest BCUT2D eigenvalue weighted by atomic mass is 9.87. The van der Waals surface area contributed by atoms with Gasteiger partial charge in [0.2, 0.25) is 5.91 Å². The number of allylic oxidation sites excluding steroid dienone is 1. The molecule has 0 saturated carbocycles. The van der Waals surface area contributed by atoms with Gasteiger partial charge in [-0.25, -0.2) is 4.99 Å². The number of dihydropyridines is 1. The van der Waals surface area contributed by atoms with Crippen LogP contribution in [0.15, 0.2) is 59.6 Å². The molecule has 9 heteroatoms. The van der Waals surface area contributed by atoms with Gasteiger partial charge >= 0.3 is 6.18 Å². The fourth-order valence-electron chi connectivity index (χ4n) is 4.39. The Morgan fingerprint density at radius 2 is 1.85 bits per heavy atom. The number of nitrogens with one attached hydrogen (secondary N) is 1. The van der Waals surface area contributed by atoms with E-state index in [0.29, 0.717) is 29.1 Å². The average molecular weight is 455 g/mol. The van der Waals surface area contributed by atoms with Crippen LogP contribution in [0.1, 0.15) is 28.7 Å². The highest BCUT2D eigenvalue weighted by atomic mass is 19.4. The summed E-state index contributed by atoms with van der Waals surface area (Å²) in [6.07, 6.45) is -3.14. The van der Waals surface area contributed by atoms with E-state index in [4.69, 9.17) is 4.74 Å². The smallest absolute Gasteiger partial charge is 0.433 e. The first kappa shape index (κ1) is 21.4. The van der Waals surface area contributed by atoms with E-state index in [2.05, 4.69) is 15.2 Å². The Morgan fingerprint density at radius 1 is 1.12 bits per heavy atom. The molecule has 2 amide bonds. The second-order valence-corrected chi connectivity index (χ2v) is 8.47. The van der Waals surface area contributed by atoms with E-state index in [1.54, 1.807) is 6.07 Å². The molecule has 0 bridgehead atoms. The monoisotopic (exact) mass is 455 g/mol. The number of likely N-dealkylation sites (N-methyl/N-ethyl adjacent to an activating group) is 1. The molecule has 5 rings (SSSR count). The predicted octanol–water partition coefficient (Wildman–Crippen LogP) is 3.74. The van der Waals surface area contributed by atoms with Crippen LogP contribution in [-0.4, -0.2) is 48.7 Å². The summed E-state index contributed by atoms with van der Waals surface area (Å²) < 4.78 is 44.6. The average Bonchev–Trinajstić information content (AvgIpc) is 2.75. The van der Waals surface area contributed by atoms with Crippen LogP contribution >= 0.6 is 0 Å². The molecule has 0 radical (unpaired) electrons. The van der Waals surface area contributed by atoms with Crippen molar-refractivity contribution in [2.24, 2.45) is 10.9 Å². The normalized spacial score (nSPS) is 22.5. The molecule has 3 aliphatic heterocycles. The van der Waals surface area contributed by atoms with Gasteiger partial charge in [0, 0.05) is 30.1 Å². The zero-order valence-corrected chi connectivity index (χ0v) is 17.6. The molecule has 2 atom stereocenters. The molecule has 1 saturated heterocycles. The molecule has 1 fully saturated rings. The number of nitrogens with zero attached hydrogens (tertiary/aromatic N) is 2. The third-order valence-corrected chi connectivity index (χ3v) is 6.13. The van der Waals surface area contributed by atoms with Crippen LogP contribution in [0, 0.1) is 5.92 Å². The number of hydrogen-bond donors (Lipinski definition) is 1. The third kappa shape index (κ3) is 3.93. The first-order chi connectivity index (χ1) is 15.7. The summed E-state index contributed by atoms with van der Waals surface area (Å²) in [6.45, 7) is 1.85. The van der Waals surface area contributed by atoms with Gasteiger partial charge in [-0.1, -0.05) is 30.3 Å². The maximum absolute atomic E-state index is 13.0. The van der Waals surface area contributed by atoms with Crippen molar-refractivity contribution in [2.45, 2.75) is 18.1 Å². The van der Waals surface area contributed by atoms with Gasteiger partial charge in [-0.05, 0) is 36.9 Å². The van der Waals surface area contributed by atoms with Crippen LogP contribution in [0.3, 0.4) is 0 Å². The number of alkyl halides is 3. The number of carbonyl (C=O) groups excluding carboxylic acids is 2. The van der Waals surface area contributed by atoms with E-state index in [9.17, 15) is 22.8 Å². The van der Waals surface area contributed by atoms with Crippen molar-refractivity contribution in [2.75, 3.05) is 20.1 Å². The number of fused-ring (bicyclic) bond motifs is 2. The predicted molar refractivity (Wildman–Crippen MR) is 114 cm³/mol. The van der Waals surface area contributed by atoms with Crippen LogP contribution in [0.25, 0.3) is 0 Å². The fraction of sp³-hybridized carbons (Fsp3) is 0.292. The second kappa shape index (κ2) is 7.84. The highest BCUT2D eigenvalue weighted by molar-refractivity contribution is 6.14. The molecule has 33 heavy (non-hydrogen) atoms. The number of hydrogen-bond acceptors (Lipinski definition) is 4. The molecule has 1 N–H and O–H groups in total. The van der Waals surface area contributed by atoms with Crippen LogP contribution in [0.5, 0.6) is 11.5 Å². The number of ether oxygens (including phenoxy) is 1. The Labute approximate surface area is 187 Å². The van der Waals surface area contributed by atoms with E-state index >= 15 is 0 Å². The molecule has 2 unspecified atom stereocenters. The maximum Gasteiger partial charge on any atom is 0.433 e. The Balaban J connectivity index is 1.45. The number of rotatable bonds is 3. The van der Waals surface area contributed by atoms with E-state index in [1.807, 2.05) is 43.4 Å². The van der Waals surface area contributed by atoms with Crippen LogP contribution in [-0.2, 0) is 9.59 Å². The number of likely N-dealkylation sites (tertiary alicyclic amines) is 1. The van der Waals surface area contributed by atoms with E-state index in [0.717, 1.165) is 30.3 Å². The van der Waals surface area contributed by atoms with Gasteiger partial charge in [-0.3, -0.25) is 9.59 Å². The van der Waals surface area contributed by atoms with Crippen molar-refractivity contribution in [3.8, 4) is 11.5 Å². The summed E-state index contributed by atoms with van der Waals surface area (Å²) in [6, 6.07) is 12.4. The molecule has 3 aliphatic rings. The lowest BCUT2D eigenvalue weighted by Gasteiger charge is -2.37. The van der Waals surface area contributed by atoms with Crippen molar-refractivity contribution in [1.29, 1.82) is 0 Å². The van der Waals surface area contributed by atoms with Gasteiger partial charge in [0.05, 0.1) is 6.04 Å². The number of aliphatic imine (C=N–C) groups is 1. The van der Waals surface area contributed by atoms with Gasteiger partial charge < -0.3 is 15.0 Å². The number of carbonyl (C=O) groups is 2. The van der Waals surface area contributed by atoms with E-state index in [1.165, 1.54) is 0 Å². The largest absolute Gasteiger partial charge is 0.457 e. The summed E-state index contributed by atoms with van der Waals surface area (Å²) in [5.41, 5.74) is 1.24. The number of para-hydroxylation sites is 1. The Kier molecular flexibility index (Phi) is 5.08. The lowest BCUT2D eigenvalue weighted by molar-refractivity contribution is -0.132. The Hall–Kier alpha value is -3.46. The van der Waals surface area contributed by atoms with Crippen molar-refractivity contribution in [3.63, 3.8) is 0 Å². The summed E-state index contributed by atoms with van der Waals surface area (Å²) in [5, 5.41) is 2.84. The van der Waals surface area contributed by atoms with Gasteiger partial charge in [0.25, 0.3) is 5.91 Å². The number of amides is 2. The summed E-state index contributed by atoms with van der Waals surface area (Å²) >= 11 is 0. The van der Waals surface area contributed by atoms with Crippen molar-refractivity contribution in [1.82, 2.24) is 10.2 Å². The molecule has 6 nitrogen and oxygen atoms in total. The fourth-order valence-corrected chi connectivity index (χ4v) is 4.39. The van der Waals surface area contributed by atoms with Crippen LogP contribution in [0.4, 0.5) is 13.2 Å². The SMILES string of the molecule is CN1CC(c2ccc3c(c2)C(NC(=O)C2C=CC(C(F)(F)F)=NC2=O)c2ccccc2O3)C1. The molecule has 0 aromatic heterocycles. The zero-order valence-electron chi connectivity index (χ0n) is 17.6. The minimum atomic E-state index is -4.75. The number of halogens is 3. The highest BCUT2D eigenvalue weighted by Gasteiger charge is 2.40. The van der Waals surface area contributed by atoms with Crippen molar-refractivity contribution in [3.05, 3.63) is 71.3 Å². The summed E-state index contributed by atoms with van der Waals surface area (Å²) in [4.78, 5) is 30.5. The first-order valence-corrected chi connectivity index (χ1v) is 10.5. The maximum atomic E-state index is 13.0. The molecular weight excluding hydrogens is 435 g/mol. The molecule has 2 aromatic rings. The summed E-state index contributed by atoms with van der Waals surface area (Å²) in [7, 11) is 2.04. The Bertz CT molecular complexity index is 1200. The van der Waals surface area contributed by atoms with E-state index in [-0.39, 0.29) is 0 Å². The van der Waals surface area contributed by atoms with Crippen molar-refractivity contribution < 1.29 is 27.5 Å². The first-order valence-electron chi connectivity index (χ1n) is 10.5. The molecule has 0 spiro atoms.